The molecule has 0 bridgehead atoms. The van der Waals surface area contributed by atoms with Crippen molar-refractivity contribution in [2.75, 3.05) is 26.7 Å². The lowest BCUT2D eigenvalue weighted by Gasteiger charge is -2.29. The minimum atomic E-state index is -4.08. The summed E-state index contributed by atoms with van der Waals surface area (Å²) < 4.78 is 73.4. The van der Waals surface area contributed by atoms with E-state index in [4.69, 9.17) is 9.25 Å². The zero-order valence-electron chi connectivity index (χ0n) is 13.7. The van der Waals surface area contributed by atoms with Crippen molar-refractivity contribution < 1.29 is 30.8 Å². The van der Waals surface area contributed by atoms with E-state index < -0.39 is 33.2 Å². The molecular weight excluding hydrogens is 340 g/mol. The number of sulfonamides is 2. The van der Waals surface area contributed by atoms with Crippen LogP contribution < -0.4 is 5.14 Å². The molecule has 0 aliphatic carbocycles. The molecule has 0 saturated heterocycles. The van der Waals surface area contributed by atoms with Crippen molar-refractivity contribution in [1.29, 1.82) is 0 Å². The number of fused-ring (bicyclic) bond motifs is 1. The average Bonchev–Trinajstić information content (AvgIpc) is 2.85. The van der Waals surface area contributed by atoms with Crippen LogP contribution in [-0.4, -0.2) is 53.0 Å². The number of thiophene rings is 1. The van der Waals surface area contributed by atoms with Gasteiger partial charge in [0.15, 0.2) is 0 Å². The molecule has 2 heterocycles. The highest BCUT2D eigenvalue weighted by Gasteiger charge is 2.39. The molecule has 2 rings (SSSR count). The van der Waals surface area contributed by atoms with E-state index >= 15 is 0 Å². The molecule has 1 aliphatic rings. The Balaban J connectivity index is 2.20. The van der Waals surface area contributed by atoms with Gasteiger partial charge in [0.05, 0.1) is 10.2 Å². The number of methoxy groups -OCH3 is 1. The fraction of sp³-hybridized carbons (Fsp3) is 0.600. The Morgan fingerprint density at radius 3 is 3.00 bits per heavy atom. The van der Waals surface area contributed by atoms with Crippen LogP contribution in [0.2, 0.25) is 0 Å². The second kappa shape index (κ2) is 5.91. The zero-order valence-corrected chi connectivity index (χ0v) is 13.2. The summed E-state index contributed by atoms with van der Waals surface area (Å²) in [4.78, 5) is 0. The highest BCUT2D eigenvalue weighted by molar-refractivity contribution is 7.94. The molecule has 0 radical (unpaired) electrons. The smallest absolute Gasteiger partial charge is 0.253 e. The molecule has 8 nitrogen and oxygen atoms in total. The number of aliphatic hydroxyl groups is 1. The molecule has 1 aromatic heterocycles. The van der Waals surface area contributed by atoms with Gasteiger partial charge in [-0.3, -0.25) is 0 Å². The Labute approximate surface area is 131 Å². The van der Waals surface area contributed by atoms with Gasteiger partial charge in [0.2, 0.25) is 10.0 Å². The van der Waals surface area contributed by atoms with Crippen molar-refractivity contribution in [2.45, 2.75) is 20.9 Å². The maximum Gasteiger partial charge on any atom is 0.253 e. The molecule has 0 spiro atoms. The lowest BCUT2D eigenvalue weighted by Crippen LogP contribution is -2.39. The van der Waals surface area contributed by atoms with Crippen molar-refractivity contribution in [1.82, 2.24) is 4.31 Å². The molecule has 1 atom stereocenters. The predicted octanol–water partition coefficient (Wildman–Crippen LogP) is -0.530. The van der Waals surface area contributed by atoms with Crippen LogP contribution in [0, 0.1) is 0 Å². The first-order valence-corrected chi connectivity index (χ1v) is 9.61. The van der Waals surface area contributed by atoms with Gasteiger partial charge in [0.25, 0.3) is 10.0 Å². The number of ether oxygens (including phenoxy) is 1. The van der Waals surface area contributed by atoms with Crippen LogP contribution in [0.5, 0.6) is 0 Å². The number of nitrogens with two attached hydrogens (primary N) is 1. The number of primary sulfonamides is 1. The topological polar surface area (TPSA) is 127 Å². The highest BCUT2D eigenvalue weighted by atomic mass is 32.3. The summed E-state index contributed by atoms with van der Waals surface area (Å²) in [5.74, 6) is 0. The molecule has 21 heavy (non-hydrogen) atoms. The second-order valence-electron chi connectivity index (χ2n) is 4.43. The maximum atomic E-state index is 12.5. The molecule has 0 fully saturated rings. The van der Waals surface area contributed by atoms with Crippen LogP contribution in [-0.2, 0) is 24.8 Å². The first-order chi connectivity index (χ1) is 10.8. The standard InChI is InChI=1S/C10H16N2O6S3/c1-18-4-2-3-12-6-8(13)7-5-9(20(11,14)15)19-10(7)21(12,16)17/h5,8,13H,2-4,6H2,1H3,(H2,11,14,15)/i1D3. The van der Waals surface area contributed by atoms with Crippen LogP contribution in [0.4, 0.5) is 0 Å². The van der Waals surface area contributed by atoms with Crippen LogP contribution in [0.3, 0.4) is 0 Å². The van der Waals surface area contributed by atoms with E-state index in [0.717, 1.165) is 10.4 Å². The lowest BCUT2D eigenvalue weighted by molar-refractivity contribution is 0.131. The number of aliphatic hydroxyl groups excluding tert-OH is 1. The molecule has 11 heteroatoms. The molecule has 0 saturated carbocycles. The van der Waals surface area contributed by atoms with Crippen LogP contribution in [0.25, 0.3) is 0 Å². The Morgan fingerprint density at radius 1 is 1.67 bits per heavy atom. The van der Waals surface area contributed by atoms with Crippen molar-refractivity contribution in [3.8, 4) is 0 Å². The number of rotatable bonds is 5. The Kier molecular flexibility index (Phi) is 3.64. The Hall–Kier alpha value is -0.560. The summed E-state index contributed by atoms with van der Waals surface area (Å²) >= 11 is 0.476. The van der Waals surface area contributed by atoms with E-state index in [2.05, 4.69) is 4.74 Å². The van der Waals surface area contributed by atoms with Crippen LogP contribution in [0.15, 0.2) is 14.5 Å². The van der Waals surface area contributed by atoms with Gasteiger partial charge in [-0.2, -0.15) is 4.31 Å². The lowest BCUT2D eigenvalue weighted by atomic mass is 10.2. The quantitative estimate of drug-likeness (QED) is 0.680. The molecule has 1 unspecified atom stereocenters. The first kappa shape index (κ1) is 12.9. The molecule has 3 N–H and O–H groups in total. The third-order valence-electron chi connectivity index (χ3n) is 2.95. The molecular formula is C10H16N2O6S3. The van der Waals surface area contributed by atoms with Gasteiger partial charge < -0.3 is 9.84 Å². The van der Waals surface area contributed by atoms with Gasteiger partial charge >= 0.3 is 0 Å². The fourth-order valence-electron chi connectivity index (χ4n) is 1.97. The van der Waals surface area contributed by atoms with Crippen molar-refractivity contribution in [3.05, 3.63) is 11.6 Å². The monoisotopic (exact) mass is 359 g/mol. The van der Waals surface area contributed by atoms with E-state index in [9.17, 15) is 21.9 Å². The summed E-state index contributed by atoms with van der Waals surface area (Å²) in [7, 11) is -10.6. The van der Waals surface area contributed by atoms with E-state index in [1.807, 2.05) is 0 Å². The van der Waals surface area contributed by atoms with Gasteiger partial charge in [-0.25, -0.2) is 22.0 Å². The molecule has 120 valence electrons. The number of hydrogen-bond acceptors (Lipinski definition) is 7. The SMILES string of the molecule is [2H]C([2H])([2H])OCCCN1CC(O)c2cc(S(N)(=O)=O)sc2S1(=O)=O. The summed E-state index contributed by atoms with van der Waals surface area (Å²) in [6.07, 6.45) is -1.09. The van der Waals surface area contributed by atoms with E-state index in [0.29, 0.717) is 11.3 Å². The number of hydrogen-bond donors (Lipinski definition) is 2. The van der Waals surface area contributed by atoms with E-state index in [-0.39, 0.29) is 40.1 Å². The second-order valence-corrected chi connectivity index (χ2v) is 9.41. The van der Waals surface area contributed by atoms with E-state index in [1.165, 1.54) is 0 Å². The summed E-state index contributed by atoms with van der Waals surface area (Å²) in [5, 5.41) is 15.1. The van der Waals surface area contributed by atoms with Gasteiger partial charge in [0, 0.05) is 32.3 Å². The van der Waals surface area contributed by atoms with Gasteiger partial charge in [-0.05, 0) is 12.5 Å². The fourth-order valence-corrected chi connectivity index (χ4v) is 6.26. The van der Waals surface area contributed by atoms with Crippen LogP contribution in [0.1, 0.15) is 22.2 Å². The normalized spacial score (nSPS) is 24.9. The average molecular weight is 359 g/mol. The minimum absolute atomic E-state index is 0.000911. The highest BCUT2D eigenvalue weighted by Crippen LogP contribution is 2.39. The Bertz CT molecular complexity index is 817. The van der Waals surface area contributed by atoms with Crippen molar-refractivity contribution in [3.63, 3.8) is 0 Å². The van der Waals surface area contributed by atoms with Crippen molar-refractivity contribution >= 4 is 31.4 Å². The molecule has 0 aromatic carbocycles. The molecule has 1 aromatic rings. The van der Waals surface area contributed by atoms with Gasteiger partial charge in [0.1, 0.15) is 8.42 Å². The van der Waals surface area contributed by atoms with Gasteiger partial charge in [-0.15, -0.1) is 11.3 Å². The zero-order chi connectivity index (χ0) is 18.3. The maximum absolute atomic E-state index is 12.5. The minimum Gasteiger partial charge on any atom is -0.387 e. The summed E-state index contributed by atoms with van der Waals surface area (Å²) in [6, 6.07) is 1.06. The number of nitrogens with zero attached hydrogens (tertiary/aromatic N) is 1. The molecule has 1 aliphatic heterocycles. The summed E-state index contributed by atoms with van der Waals surface area (Å²) in [6.45, 7) is -0.514. The third-order valence-corrected chi connectivity index (χ3v) is 7.91. The largest absolute Gasteiger partial charge is 0.387 e. The van der Waals surface area contributed by atoms with Crippen molar-refractivity contribution in [2.24, 2.45) is 5.14 Å². The molecule has 0 amide bonds. The van der Waals surface area contributed by atoms with E-state index in [1.54, 1.807) is 0 Å². The van der Waals surface area contributed by atoms with Crippen LogP contribution >= 0.6 is 11.3 Å². The number of β-amino-alcohol motifs (C(OH)–C–C–N with tert-alkyl or cyclic N) is 1. The predicted molar refractivity (Wildman–Crippen MR) is 75.9 cm³/mol. The third kappa shape index (κ3) is 3.28. The first-order valence-electron chi connectivity index (χ1n) is 7.31. The summed E-state index contributed by atoms with van der Waals surface area (Å²) in [5.41, 5.74) is -0.000911. The Morgan fingerprint density at radius 2 is 2.38 bits per heavy atom. The van der Waals surface area contributed by atoms with Gasteiger partial charge in [-0.1, -0.05) is 0 Å².